The highest BCUT2D eigenvalue weighted by Gasteiger charge is 2.61. The lowest BCUT2D eigenvalue weighted by molar-refractivity contribution is -0.360. The van der Waals surface area contributed by atoms with Gasteiger partial charge in [0.05, 0.1) is 18.4 Å². The van der Waals surface area contributed by atoms with Gasteiger partial charge in [-0.3, -0.25) is 0 Å². The second-order valence-electron chi connectivity index (χ2n) is 5.69. The third-order valence-electron chi connectivity index (χ3n) is 3.73. The van der Waals surface area contributed by atoms with Crippen LogP contribution in [0.1, 0.15) is 10.4 Å². The van der Waals surface area contributed by atoms with Crippen molar-refractivity contribution in [2.24, 2.45) is 0 Å². The molecule has 0 aliphatic carbocycles. The van der Waals surface area contributed by atoms with Gasteiger partial charge in [-0.1, -0.05) is 12.1 Å². The Balaban J connectivity index is 1.76. The van der Waals surface area contributed by atoms with E-state index >= 15 is 0 Å². The summed E-state index contributed by atoms with van der Waals surface area (Å²) in [5, 5.41) is 4.21. The largest absolute Gasteiger partial charge is 0.499 e. The zero-order valence-corrected chi connectivity index (χ0v) is 14.7. The first kappa shape index (κ1) is 20.2. The van der Waals surface area contributed by atoms with Crippen molar-refractivity contribution in [2.75, 3.05) is 7.11 Å². The van der Waals surface area contributed by atoms with Crippen molar-refractivity contribution in [1.82, 2.24) is 14.8 Å². The van der Waals surface area contributed by atoms with E-state index in [9.17, 15) is 26.7 Å². The van der Waals surface area contributed by atoms with Crippen molar-refractivity contribution >= 4 is 5.97 Å². The van der Waals surface area contributed by atoms with E-state index in [2.05, 4.69) is 19.6 Å². The van der Waals surface area contributed by atoms with Crippen LogP contribution in [-0.4, -0.2) is 40.1 Å². The van der Waals surface area contributed by atoms with Gasteiger partial charge in [0.2, 0.25) is 0 Å². The van der Waals surface area contributed by atoms with Crippen molar-refractivity contribution < 1.29 is 36.2 Å². The molecule has 6 nitrogen and oxygen atoms in total. The Morgan fingerprint density at radius 1 is 0.966 bits per heavy atom. The summed E-state index contributed by atoms with van der Waals surface area (Å²) in [5.41, 5.74) is 1.31. The summed E-state index contributed by atoms with van der Waals surface area (Å²) in [6.45, 7) is 0. The molecular formula is C18H12F5N3O3. The fraction of sp³-hybridized carbons (Fsp3) is 0.167. The van der Waals surface area contributed by atoms with Crippen LogP contribution >= 0.6 is 0 Å². The smallest absolute Gasteiger partial charge is 0.465 e. The van der Waals surface area contributed by atoms with Gasteiger partial charge in [-0.05, 0) is 36.4 Å². The maximum Gasteiger partial charge on any atom is 0.499 e. The molecule has 11 heteroatoms. The highest BCUT2D eigenvalue weighted by Crippen LogP contribution is 2.37. The van der Waals surface area contributed by atoms with E-state index in [0.29, 0.717) is 22.6 Å². The Morgan fingerprint density at radius 2 is 1.59 bits per heavy atom. The number of halogens is 5. The minimum absolute atomic E-state index is 0.311. The second-order valence-corrected chi connectivity index (χ2v) is 5.69. The van der Waals surface area contributed by atoms with Crippen molar-refractivity contribution in [3.63, 3.8) is 0 Å². The number of nitrogens with zero attached hydrogens (tertiary/aromatic N) is 3. The van der Waals surface area contributed by atoms with Gasteiger partial charge in [-0.15, -0.1) is 5.10 Å². The van der Waals surface area contributed by atoms with E-state index in [1.54, 1.807) is 12.1 Å². The van der Waals surface area contributed by atoms with Crippen molar-refractivity contribution in [3.05, 3.63) is 60.4 Å². The molecule has 0 radical (unpaired) electrons. The predicted molar refractivity (Wildman–Crippen MR) is 89.8 cm³/mol. The van der Waals surface area contributed by atoms with Crippen LogP contribution in [0.25, 0.3) is 17.1 Å². The summed E-state index contributed by atoms with van der Waals surface area (Å²) in [6.07, 6.45) is -9.79. The fourth-order valence-electron chi connectivity index (χ4n) is 2.27. The fourth-order valence-corrected chi connectivity index (χ4v) is 2.27. The van der Waals surface area contributed by atoms with Crippen LogP contribution in [0, 0.1) is 0 Å². The summed E-state index contributed by atoms with van der Waals surface area (Å²) in [6, 6.07) is 10.7. The number of esters is 1. The SMILES string of the molecule is COC(=O)c1ccc(-c2ncn(-c3ccc(OC(F)(F)C(F)(F)F)cc3)n2)cc1. The Morgan fingerprint density at radius 3 is 2.14 bits per heavy atom. The maximum atomic E-state index is 12.9. The van der Waals surface area contributed by atoms with E-state index < -0.39 is 24.0 Å². The number of methoxy groups -OCH3 is 1. The van der Waals surface area contributed by atoms with Crippen LogP contribution in [0.4, 0.5) is 22.0 Å². The van der Waals surface area contributed by atoms with Gasteiger partial charge < -0.3 is 9.47 Å². The molecule has 3 aromatic rings. The van der Waals surface area contributed by atoms with E-state index in [4.69, 9.17) is 0 Å². The molecule has 0 aliphatic rings. The molecule has 29 heavy (non-hydrogen) atoms. The first-order chi connectivity index (χ1) is 13.6. The van der Waals surface area contributed by atoms with Gasteiger partial charge in [0.15, 0.2) is 5.82 Å². The number of rotatable bonds is 5. The van der Waals surface area contributed by atoms with Crippen LogP contribution in [0.15, 0.2) is 54.9 Å². The monoisotopic (exact) mass is 413 g/mol. The van der Waals surface area contributed by atoms with Gasteiger partial charge in [0, 0.05) is 5.56 Å². The molecule has 0 bridgehead atoms. The maximum absolute atomic E-state index is 12.9. The number of benzene rings is 2. The molecule has 0 saturated carbocycles. The molecule has 0 spiro atoms. The highest BCUT2D eigenvalue weighted by molar-refractivity contribution is 5.89. The molecule has 0 fully saturated rings. The minimum Gasteiger partial charge on any atom is -0.465 e. The lowest BCUT2D eigenvalue weighted by Gasteiger charge is -2.20. The number of alkyl halides is 5. The zero-order valence-electron chi connectivity index (χ0n) is 14.7. The predicted octanol–water partition coefficient (Wildman–Crippen LogP) is 4.25. The molecule has 152 valence electrons. The van der Waals surface area contributed by atoms with E-state index in [1.165, 1.54) is 42.4 Å². The number of ether oxygens (including phenoxy) is 2. The van der Waals surface area contributed by atoms with E-state index in [0.717, 1.165) is 12.1 Å². The van der Waals surface area contributed by atoms with Gasteiger partial charge in [0.1, 0.15) is 12.1 Å². The zero-order chi connectivity index (χ0) is 21.2. The topological polar surface area (TPSA) is 66.2 Å². The molecule has 2 aromatic carbocycles. The number of hydrogen-bond donors (Lipinski definition) is 0. The van der Waals surface area contributed by atoms with Crippen LogP contribution in [0.3, 0.4) is 0 Å². The van der Waals surface area contributed by atoms with Crippen molar-refractivity contribution in [2.45, 2.75) is 12.3 Å². The van der Waals surface area contributed by atoms with E-state index in [-0.39, 0.29) is 0 Å². The molecule has 0 saturated heterocycles. The summed E-state index contributed by atoms with van der Waals surface area (Å²) >= 11 is 0. The first-order valence-electron chi connectivity index (χ1n) is 7.95. The molecular weight excluding hydrogens is 401 g/mol. The molecule has 0 atom stereocenters. The van der Waals surface area contributed by atoms with Crippen LogP contribution in [-0.2, 0) is 4.74 Å². The van der Waals surface area contributed by atoms with Crippen LogP contribution in [0.5, 0.6) is 5.75 Å². The average molecular weight is 413 g/mol. The Kier molecular flexibility index (Phi) is 5.23. The van der Waals surface area contributed by atoms with Gasteiger partial charge in [0.25, 0.3) is 0 Å². The molecule has 0 aliphatic heterocycles. The normalized spacial score (nSPS) is 11.9. The van der Waals surface area contributed by atoms with Gasteiger partial charge >= 0.3 is 18.3 Å². The lowest BCUT2D eigenvalue weighted by Crippen LogP contribution is -2.41. The quantitative estimate of drug-likeness (QED) is 0.462. The molecule has 0 N–H and O–H groups in total. The Bertz CT molecular complexity index is 999. The van der Waals surface area contributed by atoms with Crippen LogP contribution in [0.2, 0.25) is 0 Å². The highest BCUT2D eigenvalue weighted by atomic mass is 19.4. The molecule has 3 rings (SSSR count). The third-order valence-corrected chi connectivity index (χ3v) is 3.73. The molecule has 0 amide bonds. The molecule has 1 heterocycles. The average Bonchev–Trinajstić information content (AvgIpc) is 3.17. The molecule has 0 unspecified atom stereocenters. The third kappa shape index (κ3) is 4.33. The van der Waals surface area contributed by atoms with Gasteiger partial charge in [-0.2, -0.15) is 22.0 Å². The van der Waals surface area contributed by atoms with Crippen LogP contribution < -0.4 is 4.74 Å². The van der Waals surface area contributed by atoms with Gasteiger partial charge in [-0.25, -0.2) is 14.5 Å². The first-order valence-corrected chi connectivity index (χ1v) is 7.95. The standard InChI is InChI=1S/C18H12F5N3O3/c1-28-16(27)12-4-2-11(3-5-12)15-24-10-26(25-15)13-6-8-14(9-7-13)29-18(22,23)17(19,20)21/h2-10H,1H3. The second kappa shape index (κ2) is 7.49. The van der Waals surface area contributed by atoms with E-state index in [1.807, 2.05) is 0 Å². The number of hydrogen-bond acceptors (Lipinski definition) is 5. The van der Waals surface area contributed by atoms with Crippen molar-refractivity contribution in [3.8, 4) is 22.8 Å². The number of carbonyl (C=O) groups is 1. The molecule has 1 aromatic heterocycles. The number of aromatic nitrogens is 3. The summed E-state index contributed by atoms with van der Waals surface area (Å²) < 4.78 is 72.1. The Hall–Kier alpha value is -3.50. The summed E-state index contributed by atoms with van der Waals surface area (Å²) in [5.74, 6) is -0.839. The number of carbonyl (C=O) groups excluding carboxylic acids is 1. The summed E-state index contributed by atoms with van der Waals surface area (Å²) in [4.78, 5) is 15.5. The van der Waals surface area contributed by atoms with Crippen molar-refractivity contribution in [1.29, 1.82) is 0 Å². The Labute approximate surface area is 160 Å². The summed E-state index contributed by atoms with van der Waals surface area (Å²) in [7, 11) is 1.26. The minimum atomic E-state index is -5.82. The lowest BCUT2D eigenvalue weighted by atomic mass is 10.1.